The largest absolute Gasteiger partial charge is 0.360 e. The summed E-state index contributed by atoms with van der Waals surface area (Å²) in [6.07, 6.45) is 5.08. The van der Waals surface area contributed by atoms with Crippen LogP contribution in [-0.4, -0.2) is 9.97 Å². The van der Waals surface area contributed by atoms with Crippen LogP contribution in [0.2, 0.25) is 0 Å². The third-order valence-electron chi connectivity index (χ3n) is 2.66. The predicted molar refractivity (Wildman–Crippen MR) is 61.7 cm³/mol. The summed E-state index contributed by atoms with van der Waals surface area (Å²) in [6.45, 7) is 6.53. The zero-order chi connectivity index (χ0) is 10.1. The van der Waals surface area contributed by atoms with Crippen LogP contribution in [0.3, 0.4) is 0 Å². The predicted octanol–water partition coefficient (Wildman–Crippen LogP) is 3.49. The number of hydrogen-bond acceptors (Lipinski definition) is 1. The van der Waals surface area contributed by atoms with E-state index in [1.165, 1.54) is 11.1 Å². The van der Waals surface area contributed by atoms with Crippen molar-refractivity contribution in [3.63, 3.8) is 0 Å². The summed E-state index contributed by atoms with van der Waals surface area (Å²) in [5.41, 5.74) is 4.88. The molecule has 0 radical (unpaired) electrons. The molecule has 0 aliphatic carbocycles. The zero-order valence-corrected chi connectivity index (χ0v) is 8.96. The van der Waals surface area contributed by atoms with E-state index in [-0.39, 0.29) is 1.43 Å². The Morgan fingerprint density at radius 2 is 2.29 bits per heavy atom. The van der Waals surface area contributed by atoms with Gasteiger partial charge in [-0.25, -0.2) is 0 Å². The van der Waals surface area contributed by atoms with Crippen LogP contribution in [0.25, 0.3) is 11.0 Å². The average Bonchev–Trinajstić information content (AvgIpc) is 2.59. The Morgan fingerprint density at radius 3 is 2.93 bits per heavy atom. The molecule has 0 atom stereocenters. The van der Waals surface area contributed by atoms with Gasteiger partial charge < -0.3 is 4.98 Å². The highest BCUT2D eigenvalue weighted by Gasteiger charge is 2.05. The minimum Gasteiger partial charge on any atom is -0.360 e. The van der Waals surface area contributed by atoms with Crippen LogP contribution < -0.4 is 0 Å². The van der Waals surface area contributed by atoms with Crippen molar-refractivity contribution in [1.82, 2.24) is 9.97 Å². The number of aromatic nitrogens is 2. The van der Waals surface area contributed by atoms with Crippen molar-refractivity contribution in [2.45, 2.75) is 33.1 Å². The van der Waals surface area contributed by atoms with Crippen LogP contribution in [0.1, 0.15) is 39.2 Å². The van der Waals surface area contributed by atoms with E-state index in [2.05, 4.69) is 43.0 Å². The van der Waals surface area contributed by atoms with Gasteiger partial charge in [-0.1, -0.05) is 20.8 Å². The number of pyridine rings is 1. The molecule has 2 rings (SSSR count). The minimum absolute atomic E-state index is 0. The molecule has 0 saturated heterocycles. The molecule has 2 heterocycles. The Labute approximate surface area is 85.9 Å². The molecule has 76 valence electrons. The first-order chi connectivity index (χ1) is 6.72. The van der Waals surface area contributed by atoms with Crippen LogP contribution >= 0.6 is 0 Å². The summed E-state index contributed by atoms with van der Waals surface area (Å²) >= 11 is 0. The molecular formula is C12H18N2. The second kappa shape index (κ2) is 3.45. The van der Waals surface area contributed by atoms with E-state index < -0.39 is 0 Å². The highest BCUT2D eigenvalue weighted by molar-refractivity contribution is 5.79. The normalized spacial score (nSPS) is 11.4. The molecule has 2 aromatic heterocycles. The third kappa shape index (κ3) is 1.41. The second-order valence-electron chi connectivity index (χ2n) is 3.99. The summed E-state index contributed by atoms with van der Waals surface area (Å²) in [7, 11) is 0. The van der Waals surface area contributed by atoms with E-state index in [9.17, 15) is 0 Å². The number of nitrogens with zero attached hydrogens (tertiary/aromatic N) is 1. The van der Waals surface area contributed by atoms with E-state index in [1.807, 2.05) is 6.20 Å². The van der Waals surface area contributed by atoms with Crippen molar-refractivity contribution in [2.75, 3.05) is 0 Å². The van der Waals surface area contributed by atoms with E-state index in [4.69, 9.17) is 0 Å². The molecule has 0 fully saturated rings. The van der Waals surface area contributed by atoms with Gasteiger partial charge in [0.05, 0.1) is 11.0 Å². The van der Waals surface area contributed by atoms with Gasteiger partial charge in [0.25, 0.3) is 0 Å². The van der Waals surface area contributed by atoms with Gasteiger partial charge in [0.15, 0.2) is 0 Å². The van der Waals surface area contributed by atoms with Crippen molar-refractivity contribution < 1.29 is 1.43 Å². The second-order valence-corrected chi connectivity index (χ2v) is 3.99. The Balaban J connectivity index is 0.00000112. The highest BCUT2D eigenvalue weighted by Crippen LogP contribution is 2.21. The lowest BCUT2D eigenvalue weighted by molar-refractivity contribution is 0.861. The van der Waals surface area contributed by atoms with E-state index in [0.717, 1.165) is 17.5 Å². The smallest absolute Gasteiger partial charge is 0.0910 e. The van der Waals surface area contributed by atoms with Gasteiger partial charge in [0, 0.05) is 13.8 Å². The summed E-state index contributed by atoms with van der Waals surface area (Å²) in [5, 5.41) is 0. The summed E-state index contributed by atoms with van der Waals surface area (Å²) in [5.74, 6) is 0.542. The maximum absolute atomic E-state index is 4.50. The van der Waals surface area contributed by atoms with Crippen LogP contribution in [0.4, 0.5) is 0 Å². The van der Waals surface area contributed by atoms with Gasteiger partial charge in [-0.3, -0.25) is 4.98 Å². The number of nitrogens with one attached hydrogen (secondary N) is 1. The Morgan fingerprint density at radius 1 is 1.50 bits per heavy atom. The van der Waals surface area contributed by atoms with E-state index in [1.54, 1.807) is 0 Å². The van der Waals surface area contributed by atoms with Crippen LogP contribution in [-0.2, 0) is 6.42 Å². The Bertz CT molecular complexity index is 446. The topological polar surface area (TPSA) is 28.7 Å². The van der Waals surface area contributed by atoms with Crippen molar-refractivity contribution in [3.05, 3.63) is 29.6 Å². The molecule has 0 aliphatic heterocycles. The van der Waals surface area contributed by atoms with Gasteiger partial charge in [0.1, 0.15) is 0 Å². The average molecular weight is 190 g/mol. The fourth-order valence-electron chi connectivity index (χ4n) is 1.67. The maximum atomic E-state index is 4.50. The standard InChI is InChI=1S/C12H16N2.H2/c1-4-9-6-13-11-5-10(8(2)3)7-14-12(9)11;/h5-8,13H,4H2,1-3H3;1H. The first-order valence-electron chi connectivity index (χ1n) is 5.18. The first kappa shape index (κ1) is 9.25. The number of H-pyrrole nitrogens is 1. The molecule has 0 saturated carbocycles. The number of aryl methyl sites for hydroxylation is 1. The van der Waals surface area contributed by atoms with Gasteiger partial charge in [-0.05, 0) is 29.5 Å². The van der Waals surface area contributed by atoms with Crippen molar-refractivity contribution in [1.29, 1.82) is 0 Å². The number of aromatic amines is 1. The lowest BCUT2D eigenvalue weighted by Gasteiger charge is -2.03. The SMILES string of the molecule is CCc1c[nH]c2cc(C(C)C)cnc12.[HH]. The summed E-state index contributed by atoms with van der Waals surface area (Å²) in [6, 6.07) is 2.20. The van der Waals surface area contributed by atoms with Crippen molar-refractivity contribution >= 4 is 11.0 Å². The monoisotopic (exact) mass is 190 g/mol. The Hall–Kier alpha value is -1.31. The summed E-state index contributed by atoms with van der Waals surface area (Å²) in [4.78, 5) is 7.77. The van der Waals surface area contributed by atoms with E-state index in [0.29, 0.717) is 5.92 Å². The number of rotatable bonds is 2. The maximum Gasteiger partial charge on any atom is 0.0910 e. The van der Waals surface area contributed by atoms with Gasteiger partial charge >= 0.3 is 0 Å². The molecule has 1 N–H and O–H groups in total. The quantitative estimate of drug-likeness (QED) is 0.771. The van der Waals surface area contributed by atoms with Gasteiger partial charge in [0.2, 0.25) is 0 Å². The zero-order valence-electron chi connectivity index (χ0n) is 8.96. The molecule has 0 aromatic carbocycles. The molecule has 2 heteroatoms. The lowest BCUT2D eigenvalue weighted by atomic mass is 10.1. The third-order valence-corrected chi connectivity index (χ3v) is 2.66. The minimum atomic E-state index is 0. The molecule has 0 spiro atoms. The number of fused-ring (bicyclic) bond motifs is 1. The highest BCUT2D eigenvalue weighted by atomic mass is 14.8. The van der Waals surface area contributed by atoms with Crippen molar-refractivity contribution in [2.24, 2.45) is 0 Å². The van der Waals surface area contributed by atoms with Crippen LogP contribution in [0.15, 0.2) is 18.5 Å². The molecule has 0 bridgehead atoms. The molecule has 2 aromatic rings. The van der Waals surface area contributed by atoms with Crippen LogP contribution in [0, 0.1) is 0 Å². The first-order valence-corrected chi connectivity index (χ1v) is 5.18. The van der Waals surface area contributed by atoms with Crippen LogP contribution in [0.5, 0.6) is 0 Å². The Kier molecular flexibility index (Phi) is 2.28. The molecule has 2 nitrogen and oxygen atoms in total. The molecular weight excluding hydrogens is 172 g/mol. The molecule has 0 unspecified atom stereocenters. The van der Waals surface area contributed by atoms with Gasteiger partial charge in [-0.15, -0.1) is 0 Å². The molecule has 0 aliphatic rings. The lowest BCUT2D eigenvalue weighted by Crippen LogP contribution is -1.89. The fraction of sp³-hybridized carbons (Fsp3) is 0.417. The van der Waals surface area contributed by atoms with Crippen molar-refractivity contribution in [3.8, 4) is 0 Å². The summed E-state index contributed by atoms with van der Waals surface area (Å²) < 4.78 is 0. The number of hydrogen-bond donors (Lipinski definition) is 1. The van der Waals surface area contributed by atoms with E-state index >= 15 is 0 Å². The van der Waals surface area contributed by atoms with Gasteiger partial charge in [-0.2, -0.15) is 0 Å². The molecule has 0 amide bonds. The molecule has 14 heavy (non-hydrogen) atoms. The fourth-order valence-corrected chi connectivity index (χ4v) is 1.67.